The van der Waals surface area contributed by atoms with Gasteiger partial charge in [-0.2, -0.15) is 0 Å². The lowest BCUT2D eigenvalue weighted by Crippen LogP contribution is -2.42. The molecule has 0 aliphatic rings. The first kappa shape index (κ1) is 20.0. The number of benzene rings is 2. The van der Waals surface area contributed by atoms with E-state index >= 15 is 0 Å². The minimum Gasteiger partial charge on any atom is -0.480 e. The van der Waals surface area contributed by atoms with Gasteiger partial charge in [0.15, 0.2) is 5.76 Å². The largest absolute Gasteiger partial charge is 0.480 e. The Morgan fingerprint density at radius 2 is 1.74 bits per heavy atom. The fourth-order valence-electron chi connectivity index (χ4n) is 3.28. The SMILES string of the molecule is O=C(Nc1ccccc1C(=O)NC(Cc1cc2ccccc2[nH]1)C(=O)O)c1ccco1. The molecule has 0 fully saturated rings. The van der Waals surface area contributed by atoms with E-state index in [1.807, 2.05) is 30.3 Å². The number of fused-ring (bicyclic) bond motifs is 1. The highest BCUT2D eigenvalue weighted by Gasteiger charge is 2.24. The van der Waals surface area contributed by atoms with Crippen molar-refractivity contribution in [2.75, 3.05) is 5.32 Å². The van der Waals surface area contributed by atoms with Crippen LogP contribution in [0.15, 0.2) is 77.4 Å². The first-order valence-corrected chi connectivity index (χ1v) is 9.55. The van der Waals surface area contributed by atoms with Crippen molar-refractivity contribution in [3.05, 3.63) is 90.0 Å². The molecule has 0 aliphatic carbocycles. The quantitative estimate of drug-likeness (QED) is 0.367. The Hall–Kier alpha value is -4.33. The second-order valence-corrected chi connectivity index (χ2v) is 6.93. The molecule has 4 N–H and O–H groups in total. The molecule has 0 aliphatic heterocycles. The second-order valence-electron chi connectivity index (χ2n) is 6.93. The molecule has 0 saturated carbocycles. The Morgan fingerprint density at radius 1 is 0.968 bits per heavy atom. The zero-order valence-electron chi connectivity index (χ0n) is 16.3. The molecule has 2 amide bonds. The van der Waals surface area contributed by atoms with E-state index in [0.717, 1.165) is 10.9 Å². The van der Waals surface area contributed by atoms with Crippen LogP contribution in [0, 0.1) is 0 Å². The first-order chi connectivity index (χ1) is 15.0. The van der Waals surface area contributed by atoms with Crippen LogP contribution in [0.5, 0.6) is 0 Å². The Bertz CT molecular complexity index is 1210. The normalized spacial score (nSPS) is 11.7. The number of para-hydroxylation sites is 2. The van der Waals surface area contributed by atoms with Crippen molar-refractivity contribution in [3.8, 4) is 0 Å². The molecule has 0 saturated heterocycles. The number of anilines is 1. The molecule has 8 heteroatoms. The number of hydrogen-bond donors (Lipinski definition) is 4. The lowest BCUT2D eigenvalue weighted by molar-refractivity contribution is -0.139. The highest BCUT2D eigenvalue weighted by atomic mass is 16.4. The Balaban J connectivity index is 1.51. The van der Waals surface area contributed by atoms with Crippen LogP contribution in [0.25, 0.3) is 10.9 Å². The van der Waals surface area contributed by atoms with Gasteiger partial charge in [-0.3, -0.25) is 9.59 Å². The number of carboxylic acid groups (broad SMARTS) is 1. The molecule has 0 radical (unpaired) electrons. The van der Waals surface area contributed by atoms with Gasteiger partial charge in [0, 0.05) is 17.6 Å². The summed E-state index contributed by atoms with van der Waals surface area (Å²) in [4.78, 5) is 40.1. The van der Waals surface area contributed by atoms with Gasteiger partial charge in [0.1, 0.15) is 6.04 Å². The van der Waals surface area contributed by atoms with Crippen molar-refractivity contribution in [2.24, 2.45) is 0 Å². The molecule has 0 bridgehead atoms. The van der Waals surface area contributed by atoms with Gasteiger partial charge in [-0.25, -0.2) is 4.79 Å². The van der Waals surface area contributed by atoms with Crippen molar-refractivity contribution < 1.29 is 23.9 Å². The van der Waals surface area contributed by atoms with E-state index in [1.165, 1.54) is 18.4 Å². The summed E-state index contributed by atoms with van der Waals surface area (Å²) >= 11 is 0. The maximum absolute atomic E-state index is 12.9. The number of aromatic amines is 1. The molecule has 31 heavy (non-hydrogen) atoms. The number of carboxylic acids is 1. The van der Waals surface area contributed by atoms with Crippen molar-refractivity contribution in [1.82, 2.24) is 10.3 Å². The van der Waals surface area contributed by atoms with Crippen LogP contribution in [-0.2, 0) is 11.2 Å². The maximum Gasteiger partial charge on any atom is 0.326 e. The summed E-state index contributed by atoms with van der Waals surface area (Å²) in [7, 11) is 0. The fraction of sp³-hybridized carbons (Fsp3) is 0.0870. The average molecular weight is 417 g/mol. The topological polar surface area (TPSA) is 124 Å². The summed E-state index contributed by atoms with van der Waals surface area (Å²) in [5.41, 5.74) is 1.97. The van der Waals surface area contributed by atoms with E-state index in [1.54, 1.807) is 24.3 Å². The Kier molecular flexibility index (Phi) is 5.53. The van der Waals surface area contributed by atoms with Gasteiger partial charge in [-0.1, -0.05) is 30.3 Å². The van der Waals surface area contributed by atoms with Gasteiger partial charge < -0.3 is 25.1 Å². The number of carbonyl (C=O) groups is 3. The molecule has 2 aromatic heterocycles. The number of H-pyrrole nitrogens is 1. The highest BCUT2D eigenvalue weighted by Crippen LogP contribution is 2.18. The Labute approximate surface area is 176 Å². The van der Waals surface area contributed by atoms with Crippen LogP contribution in [-0.4, -0.2) is 33.9 Å². The summed E-state index contributed by atoms with van der Waals surface area (Å²) < 4.78 is 5.06. The second kappa shape index (κ2) is 8.58. The third kappa shape index (κ3) is 4.48. The smallest absolute Gasteiger partial charge is 0.326 e. The van der Waals surface area contributed by atoms with Gasteiger partial charge >= 0.3 is 5.97 Å². The zero-order chi connectivity index (χ0) is 21.8. The number of aliphatic carboxylic acids is 1. The predicted octanol–water partition coefficient (Wildman–Crippen LogP) is 3.44. The van der Waals surface area contributed by atoms with Crippen LogP contribution in [0.2, 0.25) is 0 Å². The monoisotopic (exact) mass is 417 g/mol. The van der Waals surface area contributed by atoms with Gasteiger partial charge in [0.2, 0.25) is 0 Å². The van der Waals surface area contributed by atoms with Gasteiger partial charge in [-0.15, -0.1) is 0 Å². The fourth-order valence-corrected chi connectivity index (χ4v) is 3.28. The van der Waals surface area contributed by atoms with Crippen LogP contribution in [0.3, 0.4) is 0 Å². The molecular formula is C23H19N3O5. The van der Waals surface area contributed by atoms with E-state index < -0.39 is 23.8 Å². The van der Waals surface area contributed by atoms with Gasteiger partial charge in [-0.05, 0) is 41.8 Å². The molecular weight excluding hydrogens is 398 g/mol. The van der Waals surface area contributed by atoms with Crippen molar-refractivity contribution in [3.63, 3.8) is 0 Å². The van der Waals surface area contributed by atoms with E-state index in [2.05, 4.69) is 15.6 Å². The number of carbonyl (C=O) groups excluding carboxylic acids is 2. The lowest BCUT2D eigenvalue weighted by Gasteiger charge is -2.16. The summed E-state index contributed by atoms with van der Waals surface area (Å²) in [6, 6.07) is 17.7. The maximum atomic E-state index is 12.9. The van der Waals surface area contributed by atoms with E-state index in [-0.39, 0.29) is 23.4 Å². The van der Waals surface area contributed by atoms with Crippen molar-refractivity contribution in [2.45, 2.75) is 12.5 Å². The third-order valence-electron chi connectivity index (χ3n) is 4.78. The number of rotatable bonds is 7. The molecule has 1 unspecified atom stereocenters. The number of nitrogens with one attached hydrogen (secondary N) is 3. The summed E-state index contributed by atoms with van der Waals surface area (Å²) in [6.45, 7) is 0. The van der Waals surface area contributed by atoms with Crippen molar-refractivity contribution >= 4 is 34.4 Å². The number of aromatic nitrogens is 1. The van der Waals surface area contributed by atoms with Crippen LogP contribution < -0.4 is 10.6 Å². The van der Waals surface area contributed by atoms with Crippen LogP contribution in [0.1, 0.15) is 26.6 Å². The first-order valence-electron chi connectivity index (χ1n) is 9.55. The average Bonchev–Trinajstić information content (AvgIpc) is 3.43. The molecule has 2 heterocycles. The molecule has 156 valence electrons. The number of hydrogen-bond acceptors (Lipinski definition) is 4. The predicted molar refractivity (Wildman–Crippen MR) is 114 cm³/mol. The third-order valence-corrected chi connectivity index (χ3v) is 4.78. The van der Waals surface area contributed by atoms with E-state index in [4.69, 9.17) is 4.42 Å². The molecule has 2 aromatic carbocycles. The summed E-state index contributed by atoms with van der Waals surface area (Å²) in [6.07, 6.45) is 1.45. The standard InChI is InChI=1S/C23H19N3O5/c27-21(16-7-2-4-9-18(16)25-22(28)20-10-5-11-31-20)26-19(23(29)30)13-15-12-14-6-1-3-8-17(14)24-15/h1-12,19,24H,13H2,(H,25,28)(H,26,27)(H,29,30). The number of amides is 2. The molecule has 0 spiro atoms. The molecule has 4 rings (SSSR count). The zero-order valence-corrected chi connectivity index (χ0v) is 16.3. The molecule has 8 nitrogen and oxygen atoms in total. The minimum absolute atomic E-state index is 0.0800. The van der Waals surface area contributed by atoms with Gasteiger partial charge in [0.25, 0.3) is 11.8 Å². The van der Waals surface area contributed by atoms with Crippen LogP contribution >= 0.6 is 0 Å². The lowest BCUT2D eigenvalue weighted by atomic mass is 10.1. The summed E-state index contributed by atoms with van der Waals surface area (Å²) in [5, 5.41) is 15.7. The van der Waals surface area contributed by atoms with Crippen molar-refractivity contribution in [1.29, 1.82) is 0 Å². The van der Waals surface area contributed by atoms with E-state index in [0.29, 0.717) is 5.69 Å². The van der Waals surface area contributed by atoms with Crippen LogP contribution in [0.4, 0.5) is 5.69 Å². The number of furan rings is 1. The van der Waals surface area contributed by atoms with Gasteiger partial charge in [0.05, 0.1) is 17.5 Å². The molecule has 1 atom stereocenters. The Morgan fingerprint density at radius 3 is 2.48 bits per heavy atom. The molecule has 4 aromatic rings. The van der Waals surface area contributed by atoms with E-state index in [9.17, 15) is 19.5 Å². The highest BCUT2D eigenvalue weighted by molar-refractivity contribution is 6.08. The summed E-state index contributed by atoms with van der Waals surface area (Å²) in [5.74, 6) is -2.20. The minimum atomic E-state index is -1.16.